The summed E-state index contributed by atoms with van der Waals surface area (Å²) in [4.78, 5) is 47.4. The number of hydrogen-bond donors (Lipinski definition) is 6. The number of aliphatic carboxylic acids is 1. The van der Waals surface area contributed by atoms with Crippen LogP contribution in [0.15, 0.2) is 0 Å². The van der Waals surface area contributed by atoms with Crippen molar-refractivity contribution in [3.63, 3.8) is 0 Å². The molecule has 0 radical (unpaired) electrons. The molecule has 7 N–H and O–H groups in total. The molecule has 0 saturated heterocycles. The van der Waals surface area contributed by atoms with Gasteiger partial charge in [-0.25, -0.2) is 4.79 Å². The molecule has 0 aromatic rings. The van der Waals surface area contributed by atoms with Gasteiger partial charge in [-0.05, 0) is 30.8 Å². The second-order valence-electron chi connectivity index (χ2n) is 6.38. The molecular weight excluding hydrogens is 376 g/mol. The smallest absolute Gasteiger partial charge is 0.326 e. The second-order valence-corrected chi connectivity index (χ2v) is 7.36. The van der Waals surface area contributed by atoms with Crippen LogP contribution in [0.4, 0.5) is 0 Å². The number of amides is 3. The first-order valence-corrected chi connectivity index (χ1v) is 9.98. The van der Waals surface area contributed by atoms with E-state index in [0.29, 0.717) is 12.2 Å². The zero-order chi connectivity index (χ0) is 21.0. The van der Waals surface area contributed by atoms with Crippen LogP contribution in [0.2, 0.25) is 0 Å². The standard InChI is InChI=1S/C16H30N4O6S/c1-9(2)6-11(18-13(22)7-17)14(23)20-12(8-21)15(24)19-10(16(25)26)4-5-27-3/h9-12,21H,4-8,17H2,1-3H3,(H,18,22)(H,19,24)(H,20,23)(H,25,26). The van der Waals surface area contributed by atoms with Gasteiger partial charge in [-0.15, -0.1) is 0 Å². The van der Waals surface area contributed by atoms with Crippen molar-refractivity contribution in [1.29, 1.82) is 0 Å². The van der Waals surface area contributed by atoms with Gasteiger partial charge in [-0.3, -0.25) is 14.4 Å². The third-order valence-electron chi connectivity index (χ3n) is 3.59. The Morgan fingerprint density at radius 1 is 1.00 bits per heavy atom. The Morgan fingerprint density at radius 3 is 2.00 bits per heavy atom. The molecule has 0 aromatic heterocycles. The number of carbonyl (C=O) groups excluding carboxylic acids is 3. The van der Waals surface area contributed by atoms with E-state index in [1.807, 2.05) is 20.1 Å². The average Bonchev–Trinajstić information content (AvgIpc) is 2.61. The van der Waals surface area contributed by atoms with Crippen LogP contribution in [0.25, 0.3) is 0 Å². The first-order valence-electron chi connectivity index (χ1n) is 8.58. The number of aliphatic hydroxyl groups is 1. The average molecular weight is 407 g/mol. The summed E-state index contributed by atoms with van der Waals surface area (Å²) in [5, 5.41) is 25.7. The number of hydrogen-bond acceptors (Lipinski definition) is 7. The van der Waals surface area contributed by atoms with Gasteiger partial charge in [0, 0.05) is 0 Å². The molecular formula is C16H30N4O6S. The van der Waals surface area contributed by atoms with Crippen molar-refractivity contribution in [2.45, 2.75) is 44.8 Å². The second kappa shape index (κ2) is 13.3. The zero-order valence-electron chi connectivity index (χ0n) is 15.9. The Labute approximate surface area is 163 Å². The molecule has 0 saturated carbocycles. The minimum absolute atomic E-state index is 0.0724. The maximum atomic E-state index is 12.4. The zero-order valence-corrected chi connectivity index (χ0v) is 16.7. The molecule has 0 aliphatic carbocycles. The lowest BCUT2D eigenvalue weighted by Crippen LogP contribution is -2.57. The van der Waals surface area contributed by atoms with Gasteiger partial charge in [0.2, 0.25) is 17.7 Å². The minimum Gasteiger partial charge on any atom is -0.480 e. The molecule has 3 amide bonds. The highest BCUT2D eigenvalue weighted by Gasteiger charge is 2.29. The van der Waals surface area contributed by atoms with Crippen LogP contribution in [0.5, 0.6) is 0 Å². The summed E-state index contributed by atoms with van der Waals surface area (Å²) in [7, 11) is 0. The van der Waals surface area contributed by atoms with Crippen molar-refractivity contribution in [1.82, 2.24) is 16.0 Å². The number of carbonyl (C=O) groups is 4. The Balaban J connectivity index is 5.02. The molecule has 11 heteroatoms. The van der Waals surface area contributed by atoms with Gasteiger partial charge in [-0.2, -0.15) is 11.8 Å². The first-order chi connectivity index (χ1) is 12.7. The number of thioether (sulfide) groups is 1. The fourth-order valence-corrected chi connectivity index (χ4v) is 2.66. The van der Waals surface area contributed by atoms with Crippen LogP contribution in [0, 0.1) is 5.92 Å². The molecule has 27 heavy (non-hydrogen) atoms. The van der Waals surface area contributed by atoms with E-state index < -0.39 is 48.4 Å². The van der Waals surface area contributed by atoms with Gasteiger partial charge in [0.1, 0.15) is 18.1 Å². The van der Waals surface area contributed by atoms with Crippen LogP contribution >= 0.6 is 11.8 Å². The van der Waals surface area contributed by atoms with Crippen LogP contribution in [0.1, 0.15) is 26.7 Å². The Kier molecular flexibility index (Phi) is 12.4. The molecule has 0 bridgehead atoms. The molecule has 0 aliphatic heterocycles. The number of carboxylic acids is 1. The third-order valence-corrected chi connectivity index (χ3v) is 4.23. The summed E-state index contributed by atoms with van der Waals surface area (Å²) in [6.45, 7) is 2.70. The molecule has 156 valence electrons. The van der Waals surface area contributed by atoms with Crippen molar-refractivity contribution in [2.75, 3.05) is 25.2 Å². The summed E-state index contributed by atoms with van der Waals surface area (Å²) in [6.07, 6.45) is 2.32. The predicted octanol–water partition coefficient (Wildman–Crippen LogP) is -1.72. The number of aliphatic hydroxyl groups excluding tert-OH is 1. The van der Waals surface area contributed by atoms with Gasteiger partial charge >= 0.3 is 5.97 Å². The number of rotatable bonds is 13. The van der Waals surface area contributed by atoms with Crippen LogP contribution in [-0.2, 0) is 19.2 Å². The van der Waals surface area contributed by atoms with E-state index in [2.05, 4.69) is 16.0 Å². The van der Waals surface area contributed by atoms with Gasteiger partial charge in [-0.1, -0.05) is 13.8 Å². The summed E-state index contributed by atoms with van der Waals surface area (Å²) >= 11 is 1.43. The normalized spacial score (nSPS) is 14.1. The fraction of sp³-hybridized carbons (Fsp3) is 0.750. The van der Waals surface area contributed by atoms with E-state index in [1.165, 1.54) is 11.8 Å². The van der Waals surface area contributed by atoms with Crippen molar-refractivity contribution in [3.8, 4) is 0 Å². The highest BCUT2D eigenvalue weighted by Crippen LogP contribution is 2.06. The van der Waals surface area contributed by atoms with E-state index in [4.69, 9.17) is 10.8 Å². The molecule has 10 nitrogen and oxygen atoms in total. The highest BCUT2D eigenvalue weighted by atomic mass is 32.2. The van der Waals surface area contributed by atoms with E-state index in [9.17, 15) is 24.3 Å². The van der Waals surface area contributed by atoms with Gasteiger partial charge < -0.3 is 31.9 Å². The third kappa shape index (κ3) is 10.2. The molecule has 0 rings (SSSR count). The Bertz CT molecular complexity index is 517. The van der Waals surface area contributed by atoms with E-state index in [0.717, 1.165) is 0 Å². The summed E-state index contributed by atoms with van der Waals surface area (Å²) in [6, 6.07) is -3.38. The number of carboxylic acid groups (broad SMARTS) is 1. The Morgan fingerprint density at radius 2 is 1.56 bits per heavy atom. The van der Waals surface area contributed by atoms with E-state index in [-0.39, 0.29) is 18.9 Å². The van der Waals surface area contributed by atoms with Crippen molar-refractivity contribution < 1.29 is 29.4 Å². The maximum absolute atomic E-state index is 12.4. The largest absolute Gasteiger partial charge is 0.480 e. The molecule has 3 atom stereocenters. The molecule has 0 spiro atoms. The SMILES string of the molecule is CSCCC(NC(=O)C(CO)NC(=O)C(CC(C)C)NC(=O)CN)C(=O)O. The molecule has 3 unspecified atom stereocenters. The highest BCUT2D eigenvalue weighted by molar-refractivity contribution is 7.98. The van der Waals surface area contributed by atoms with E-state index >= 15 is 0 Å². The summed E-state index contributed by atoms with van der Waals surface area (Å²) in [5.74, 6) is -2.60. The minimum atomic E-state index is -1.34. The fourth-order valence-electron chi connectivity index (χ4n) is 2.19. The predicted molar refractivity (Wildman–Crippen MR) is 102 cm³/mol. The number of nitrogens with one attached hydrogen (secondary N) is 3. The van der Waals surface area contributed by atoms with Gasteiger partial charge in [0.15, 0.2) is 0 Å². The first kappa shape index (κ1) is 25.1. The molecule has 0 aliphatic rings. The van der Waals surface area contributed by atoms with Crippen molar-refractivity contribution in [2.24, 2.45) is 11.7 Å². The molecule has 0 fully saturated rings. The topological polar surface area (TPSA) is 171 Å². The lowest BCUT2D eigenvalue weighted by molar-refractivity contribution is -0.142. The molecule has 0 aromatic carbocycles. The van der Waals surface area contributed by atoms with Gasteiger partial charge in [0.25, 0.3) is 0 Å². The summed E-state index contributed by atoms with van der Waals surface area (Å²) in [5.41, 5.74) is 5.24. The molecule has 0 heterocycles. The summed E-state index contributed by atoms with van der Waals surface area (Å²) < 4.78 is 0. The lowest BCUT2D eigenvalue weighted by Gasteiger charge is -2.24. The monoisotopic (exact) mass is 406 g/mol. The van der Waals surface area contributed by atoms with Crippen molar-refractivity contribution >= 4 is 35.5 Å². The van der Waals surface area contributed by atoms with Crippen LogP contribution < -0.4 is 21.7 Å². The lowest BCUT2D eigenvalue weighted by atomic mass is 10.0. The quantitative estimate of drug-likeness (QED) is 0.210. The van der Waals surface area contributed by atoms with E-state index in [1.54, 1.807) is 0 Å². The van der Waals surface area contributed by atoms with Crippen LogP contribution in [-0.4, -0.2) is 77.2 Å². The van der Waals surface area contributed by atoms with Crippen LogP contribution in [0.3, 0.4) is 0 Å². The maximum Gasteiger partial charge on any atom is 0.326 e. The Hall–Kier alpha value is -1.85. The number of nitrogens with two attached hydrogens (primary N) is 1. The van der Waals surface area contributed by atoms with Gasteiger partial charge in [0.05, 0.1) is 13.2 Å². The van der Waals surface area contributed by atoms with Crippen molar-refractivity contribution in [3.05, 3.63) is 0 Å².